The van der Waals surface area contributed by atoms with Gasteiger partial charge in [0.05, 0.1) is 12.1 Å². The van der Waals surface area contributed by atoms with Gasteiger partial charge in [0.2, 0.25) is 5.91 Å². The van der Waals surface area contributed by atoms with E-state index in [2.05, 4.69) is 10.3 Å². The van der Waals surface area contributed by atoms with E-state index in [4.69, 9.17) is 4.74 Å². The molecule has 150 valence electrons. The van der Waals surface area contributed by atoms with Gasteiger partial charge in [0, 0.05) is 10.9 Å². The number of carbonyl (C=O) groups is 2. The highest BCUT2D eigenvalue weighted by Crippen LogP contribution is 2.24. The Kier molecular flexibility index (Phi) is 6.29. The molecule has 0 fully saturated rings. The van der Waals surface area contributed by atoms with Crippen LogP contribution in [-0.4, -0.2) is 34.1 Å². The van der Waals surface area contributed by atoms with Crippen molar-refractivity contribution in [3.05, 3.63) is 71.2 Å². The lowest BCUT2D eigenvalue weighted by Crippen LogP contribution is -2.56. The average molecular weight is 410 g/mol. The van der Waals surface area contributed by atoms with Crippen molar-refractivity contribution >= 4 is 23.2 Å². The van der Waals surface area contributed by atoms with Gasteiger partial charge in [0.25, 0.3) is 0 Å². The molecule has 1 atom stereocenters. The fourth-order valence-electron chi connectivity index (χ4n) is 2.63. The second kappa shape index (κ2) is 8.87. The van der Waals surface area contributed by atoms with Gasteiger partial charge < -0.3 is 15.2 Å². The van der Waals surface area contributed by atoms with Gasteiger partial charge in [-0.15, -0.1) is 11.3 Å². The van der Waals surface area contributed by atoms with E-state index in [1.54, 1.807) is 24.3 Å². The highest BCUT2D eigenvalue weighted by Gasteiger charge is 2.36. The van der Waals surface area contributed by atoms with Crippen LogP contribution in [-0.2, 0) is 16.0 Å². The molecule has 1 heterocycles. The lowest BCUT2D eigenvalue weighted by atomic mass is 10.0. The van der Waals surface area contributed by atoms with Crippen LogP contribution in [0.4, 0.5) is 0 Å². The topological polar surface area (TPSA) is 88.5 Å². The lowest BCUT2D eigenvalue weighted by molar-refractivity contribution is -0.148. The van der Waals surface area contributed by atoms with Gasteiger partial charge in [-0.05, 0) is 26.0 Å². The molecule has 1 unspecified atom stereocenters. The summed E-state index contributed by atoms with van der Waals surface area (Å²) in [6, 6.07) is 16.9. The van der Waals surface area contributed by atoms with Gasteiger partial charge in [-0.3, -0.25) is 4.79 Å². The van der Waals surface area contributed by atoms with E-state index in [0.717, 1.165) is 16.1 Å². The molecule has 29 heavy (non-hydrogen) atoms. The number of aryl methyl sites for hydroxylation is 1. The molecule has 0 aliphatic rings. The summed E-state index contributed by atoms with van der Waals surface area (Å²) in [6.07, 6.45) is -0.00340. The maximum absolute atomic E-state index is 12.5. The molecule has 6 nitrogen and oxygen atoms in total. The number of aromatic nitrogens is 1. The van der Waals surface area contributed by atoms with Gasteiger partial charge in [-0.2, -0.15) is 0 Å². The first-order valence-corrected chi connectivity index (χ1v) is 9.97. The summed E-state index contributed by atoms with van der Waals surface area (Å²) in [5, 5.41) is 14.8. The number of nitrogens with zero attached hydrogens (tertiary/aromatic N) is 1. The minimum absolute atomic E-state index is 0.00340. The third kappa shape index (κ3) is 5.42. The van der Waals surface area contributed by atoms with Gasteiger partial charge >= 0.3 is 5.97 Å². The Morgan fingerprint density at radius 2 is 1.83 bits per heavy atom. The Balaban J connectivity index is 1.63. The fraction of sp³-hybridized carbons (Fsp3) is 0.227. The van der Waals surface area contributed by atoms with Crippen molar-refractivity contribution in [2.24, 2.45) is 0 Å². The smallest absolute Gasteiger partial charge is 0.332 e. The normalized spacial score (nSPS) is 12.8. The number of nitrogens with one attached hydrogen (secondary N) is 1. The van der Waals surface area contributed by atoms with Crippen molar-refractivity contribution in [2.75, 3.05) is 6.61 Å². The molecule has 0 aliphatic heterocycles. The zero-order valence-electron chi connectivity index (χ0n) is 16.2. The molecule has 1 amide bonds. The van der Waals surface area contributed by atoms with Crippen LogP contribution < -0.4 is 10.1 Å². The Morgan fingerprint density at radius 1 is 1.14 bits per heavy atom. The van der Waals surface area contributed by atoms with E-state index in [1.807, 2.05) is 42.6 Å². The first kappa shape index (κ1) is 20.5. The van der Waals surface area contributed by atoms with Crippen molar-refractivity contribution in [3.8, 4) is 16.3 Å². The molecule has 3 aromatic rings. The maximum Gasteiger partial charge on any atom is 0.332 e. The van der Waals surface area contributed by atoms with E-state index in [-0.39, 0.29) is 13.0 Å². The summed E-state index contributed by atoms with van der Waals surface area (Å²) in [6.45, 7) is 3.25. The Bertz CT molecular complexity index is 986. The van der Waals surface area contributed by atoms with E-state index in [0.29, 0.717) is 11.4 Å². The number of carbonyl (C=O) groups excluding carboxylic acids is 1. The minimum atomic E-state index is -1.55. The molecule has 0 radical (unpaired) electrons. The standard InChI is InChI=1S/C22H22N2O4S/c1-15-8-10-16(11-9-15)20-23-17(13-29-20)12-19(25)24-22(2,21(26)27)14-28-18-6-4-3-5-7-18/h3-11,13H,12,14H2,1-2H3,(H,24,25)(H,26,27). The van der Waals surface area contributed by atoms with Gasteiger partial charge in [-0.1, -0.05) is 48.0 Å². The molecule has 0 bridgehead atoms. The predicted octanol–water partition coefficient (Wildman–Crippen LogP) is 3.70. The summed E-state index contributed by atoms with van der Waals surface area (Å²) < 4.78 is 5.55. The summed E-state index contributed by atoms with van der Waals surface area (Å²) in [5.41, 5.74) is 1.19. The number of rotatable bonds is 8. The molecule has 0 saturated carbocycles. The van der Waals surface area contributed by atoms with Crippen molar-refractivity contribution in [1.82, 2.24) is 10.3 Å². The molecular weight excluding hydrogens is 388 g/mol. The molecule has 1 aromatic heterocycles. The fourth-order valence-corrected chi connectivity index (χ4v) is 3.45. The molecule has 0 saturated heterocycles. The van der Waals surface area contributed by atoms with Crippen molar-refractivity contribution in [1.29, 1.82) is 0 Å². The van der Waals surface area contributed by atoms with Crippen LogP contribution in [0.1, 0.15) is 18.2 Å². The Labute approximate surface area is 173 Å². The van der Waals surface area contributed by atoms with Crippen molar-refractivity contribution < 1.29 is 19.4 Å². The third-order valence-corrected chi connectivity index (χ3v) is 5.29. The highest BCUT2D eigenvalue weighted by atomic mass is 32.1. The number of amides is 1. The van der Waals surface area contributed by atoms with Crippen LogP contribution in [0.15, 0.2) is 60.0 Å². The van der Waals surface area contributed by atoms with Gasteiger partial charge in [0.1, 0.15) is 17.4 Å². The number of ether oxygens (including phenoxy) is 1. The molecule has 7 heteroatoms. The maximum atomic E-state index is 12.5. The van der Waals surface area contributed by atoms with Crippen LogP contribution in [0, 0.1) is 6.92 Å². The second-order valence-electron chi connectivity index (χ2n) is 6.97. The molecule has 3 rings (SSSR count). The molecule has 0 spiro atoms. The molecule has 2 aromatic carbocycles. The average Bonchev–Trinajstić information content (AvgIpc) is 3.16. The highest BCUT2D eigenvalue weighted by molar-refractivity contribution is 7.13. The zero-order valence-corrected chi connectivity index (χ0v) is 17.0. The van der Waals surface area contributed by atoms with Gasteiger partial charge in [0.15, 0.2) is 5.54 Å². The predicted molar refractivity (Wildman–Crippen MR) is 112 cm³/mol. The van der Waals surface area contributed by atoms with Crippen LogP contribution in [0.25, 0.3) is 10.6 Å². The third-order valence-electron chi connectivity index (χ3n) is 4.35. The first-order valence-electron chi connectivity index (χ1n) is 9.09. The number of hydrogen-bond donors (Lipinski definition) is 2. The van der Waals surface area contributed by atoms with Crippen molar-refractivity contribution in [3.63, 3.8) is 0 Å². The number of aliphatic carboxylic acids is 1. The minimum Gasteiger partial charge on any atom is -0.491 e. The Morgan fingerprint density at radius 3 is 2.48 bits per heavy atom. The number of benzene rings is 2. The number of carboxylic acid groups (broad SMARTS) is 1. The number of thiazole rings is 1. The van der Waals surface area contributed by atoms with Crippen LogP contribution >= 0.6 is 11.3 Å². The Hall–Kier alpha value is -3.19. The number of carboxylic acids is 1. The van der Waals surface area contributed by atoms with Crippen LogP contribution in [0.2, 0.25) is 0 Å². The quantitative estimate of drug-likeness (QED) is 0.591. The molecular formula is C22H22N2O4S. The van der Waals surface area contributed by atoms with E-state index in [1.165, 1.54) is 18.3 Å². The summed E-state index contributed by atoms with van der Waals surface area (Å²) in [7, 11) is 0. The van der Waals surface area contributed by atoms with Crippen LogP contribution in [0.5, 0.6) is 5.75 Å². The summed E-state index contributed by atoms with van der Waals surface area (Å²) >= 11 is 1.45. The van der Waals surface area contributed by atoms with Crippen LogP contribution in [0.3, 0.4) is 0 Å². The van der Waals surface area contributed by atoms with E-state index in [9.17, 15) is 14.7 Å². The monoisotopic (exact) mass is 410 g/mol. The zero-order chi connectivity index (χ0) is 20.9. The number of hydrogen-bond acceptors (Lipinski definition) is 5. The lowest BCUT2D eigenvalue weighted by Gasteiger charge is -2.26. The first-order chi connectivity index (χ1) is 13.9. The van der Waals surface area contributed by atoms with E-state index >= 15 is 0 Å². The molecule has 0 aliphatic carbocycles. The van der Waals surface area contributed by atoms with Gasteiger partial charge in [-0.25, -0.2) is 9.78 Å². The second-order valence-corrected chi connectivity index (χ2v) is 7.83. The van der Waals surface area contributed by atoms with E-state index < -0.39 is 17.4 Å². The largest absolute Gasteiger partial charge is 0.491 e. The summed E-state index contributed by atoms with van der Waals surface area (Å²) in [5.74, 6) is -1.05. The van der Waals surface area contributed by atoms with Crippen molar-refractivity contribution in [2.45, 2.75) is 25.8 Å². The SMILES string of the molecule is Cc1ccc(-c2nc(CC(=O)NC(C)(COc3ccccc3)C(=O)O)cs2)cc1. The molecule has 2 N–H and O–H groups in total. The summed E-state index contributed by atoms with van der Waals surface area (Å²) in [4.78, 5) is 28.7. The number of para-hydroxylation sites is 1.